The van der Waals surface area contributed by atoms with E-state index in [0.29, 0.717) is 6.42 Å². The average Bonchev–Trinajstić information content (AvgIpc) is 1.81. The molecule has 0 aromatic rings. The van der Waals surface area contributed by atoms with Gasteiger partial charge >= 0.3 is 5.97 Å². The smallest absolute Gasteiger partial charge is 0.352 e. The van der Waals surface area contributed by atoms with E-state index in [9.17, 15) is 4.79 Å². The molecule has 76 valence electrons. The Kier molecular flexibility index (Phi) is 4.61. The Labute approximate surface area is 87.5 Å². The van der Waals surface area contributed by atoms with Crippen LogP contribution in [-0.4, -0.2) is 22.1 Å². The van der Waals surface area contributed by atoms with E-state index >= 15 is 0 Å². The zero-order valence-corrected chi connectivity index (χ0v) is 10.1. The third-order valence-electron chi connectivity index (χ3n) is 1.13. The Morgan fingerprint density at radius 3 is 2.31 bits per heavy atom. The molecule has 0 saturated carbocycles. The van der Waals surface area contributed by atoms with Crippen LogP contribution in [0, 0.1) is 5.41 Å². The molecular weight excluding hydrogens is 234 g/mol. The van der Waals surface area contributed by atoms with Gasteiger partial charge in [-0.3, -0.25) is 5.41 Å². The maximum absolute atomic E-state index is 11.2. The first-order valence-electron chi connectivity index (χ1n) is 4.17. The second-order valence-corrected chi connectivity index (χ2v) is 5.53. The summed E-state index contributed by atoms with van der Waals surface area (Å²) in [4.78, 5) is 11.4. The largest absolute Gasteiger partial charge is 0.456 e. The highest BCUT2D eigenvalue weighted by Crippen LogP contribution is 2.10. The third-order valence-corrected chi connectivity index (χ3v) is 1.45. The van der Waals surface area contributed by atoms with E-state index in [1.165, 1.54) is 0 Å². The summed E-state index contributed by atoms with van der Waals surface area (Å²) in [5.74, 6) is -0.529. The van der Waals surface area contributed by atoms with Gasteiger partial charge in [-0.15, -0.1) is 0 Å². The first kappa shape index (κ1) is 12.6. The van der Waals surface area contributed by atoms with E-state index in [1.54, 1.807) is 20.8 Å². The second kappa shape index (κ2) is 4.74. The molecule has 0 saturated heterocycles. The maximum Gasteiger partial charge on any atom is 0.352 e. The molecule has 0 fully saturated rings. The number of ether oxygens (including phenoxy) is 1. The van der Waals surface area contributed by atoms with Crippen LogP contribution in [0.15, 0.2) is 0 Å². The normalized spacial score (nSPS) is 13.6. The Morgan fingerprint density at radius 1 is 1.54 bits per heavy atom. The molecule has 1 atom stereocenters. The minimum atomic E-state index is -0.529. The summed E-state index contributed by atoms with van der Waals surface area (Å²) < 4.78 is 5.02. The van der Waals surface area contributed by atoms with Crippen LogP contribution in [-0.2, 0) is 9.53 Å². The molecule has 0 spiro atoms. The fourth-order valence-corrected chi connectivity index (χ4v) is 1.03. The molecule has 0 aliphatic heterocycles. The third kappa shape index (κ3) is 6.75. The highest BCUT2D eigenvalue weighted by atomic mass is 79.9. The molecule has 1 N–H and O–H groups in total. The number of halogens is 1. The molecule has 13 heavy (non-hydrogen) atoms. The van der Waals surface area contributed by atoms with Gasteiger partial charge in [-0.25, -0.2) is 4.79 Å². The minimum absolute atomic E-state index is 0.0132. The topological polar surface area (TPSA) is 50.2 Å². The fourth-order valence-electron chi connectivity index (χ4n) is 0.704. The fraction of sp³-hybridized carbons (Fsp3) is 0.778. The monoisotopic (exact) mass is 249 g/mol. The van der Waals surface area contributed by atoms with Gasteiger partial charge in [-0.1, -0.05) is 22.9 Å². The Morgan fingerprint density at radius 2 is 2.00 bits per heavy atom. The number of alkyl halides is 1. The van der Waals surface area contributed by atoms with Gasteiger partial charge in [0.15, 0.2) is 0 Å². The summed E-state index contributed by atoms with van der Waals surface area (Å²) in [6.07, 6.45) is 0.398. The van der Waals surface area contributed by atoms with Gasteiger partial charge in [-0.2, -0.15) is 0 Å². The summed E-state index contributed by atoms with van der Waals surface area (Å²) in [7, 11) is 0. The maximum atomic E-state index is 11.2. The van der Waals surface area contributed by atoms with E-state index in [2.05, 4.69) is 15.9 Å². The molecule has 1 unspecified atom stereocenters. The average molecular weight is 250 g/mol. The first-order valence-corrected chi connectivity index (χ1v) is 5.09. The SMILES string of the molecule is CC(Br)CC(=N)C(=O)OC(C)(C)C. The summed E-state index contributed by atoms with van der Waals surface area (Å²) >= 11 is 3.27. The quantitative estimate of drug-likeness (QED) is 0.475. The molecule has 4 heteroatoms. The van der Waals surface area contributed by atoms with Gasteiger partial charge in [0.1, 0.15) is 11.3 Å². The highest BCUT2D eigenvalue weighted by molar-refractivity contribution is 9.09. The molecule has 0 bridgehead atoms. The van der Waals surface area contributed by atoms with E-state index in [-0.39, 0.29) is 10.5 Å². The predicted octanol–water partition coefficient (Wildman–Crippen LogP) is 2.52. The predicted molar refractivity (Wildman–Crippen MR) is 56.6 cm³/mol. The van der Waals surface area contributed by atoms with Gasteiger partial charge in [0.05, 0.1) is 0 Å². The van der Waals surface area contributed by atoms with Crippen LogP contribution in [0.4, 0.5) is 0 Å². The van der Waals surface area contributed by atoms with Gasteiger partial charge in [0, 0.05) is 11.2 Å². The lowest BCUT2D eigenvalue weighted by Gasteiger charge is -2.19. The second-order valence-electron chi connectivity index (χ2n) is 3.97. The van der Waals surface area contributed by atoms with E-state index in [1.807, 2.05) is 6.92 Å². The van der Waals surface area contributed by atoms with Crippen molar-refractivity contribution in [2.75, 3.05) is 0 Å². The number of carbonyl (C=O) groups is 1. The van der Waals surface area contributed by atoms with Crippen LogP contribution in [0.3, 0.4) is 0 Å². The van der Waals surface area contributed by atoms with Crippen LogP contribution in [0.1, 0.15) is 34.1 Å². The molecule has 0 aliphatic rings. The molecule has 0 heterocycles. The van der Waals surface area contributed by atoms with Crippen molar-refractivity contribution in [3.8, 4) is 0 Å². The summed E-state index contributed by atoms with van der Waals surface area (Å²) in [5.41, 5.74) is -0.502. The van der Waals surface area contributed by atoms with Crippen molar-refractivity contribution in [1.29, 1.82) is 5.41 Å². The summed E-state index contributed by atoms with van der Waals surface area (Å²) in [6.45, 7) is 7.25. The number of esters is 1. The van der Waals surface area contributed by atoms with Gasteiger partial charge in [-0.05, 0) is 20.8 Å². The number of hydrogen-bond acceptors (Lipinski definition) is 3. The van der Waals surface area contributed by atoms with Crippen molar-refractivity contribution in [1.82, 2.24) is 0 Å². The molecule has 0 rings (SSSR count). The molecule has 0 aliphatic carbocycles. The Bertz CT molecular complexity index is 206. The van der Waals surface area contributed by atoms with Crippen LogP contribution in [0.25, 0.3) is 0 Å². The number of carbonyl (C=O) groups excluding carboxylic acids is 1. The molecule has 0 aromatic carbocycles. The zero-order valence-electron chi connectivity index (χ0n) is 8.48. The lowest BCUT2D eigenvalue weighted by molar-refractivity contribution is -0.146. The van der Waals surface area contributed by atoms with Crippen LogP contribution in [0.2, 0.25) is 0 Å². The van der Waals surface area contributed by atoms with E-state index in [4.69, 9.17) is 10.1 Å². The summed E-state index contributed by atoms with van der Waals surface area (Å²) in [5, 5.41) is 7.40. The molecular formula is C9H16BrNO2. The van der Waals surface area contributed by atoms with Crippen molar-refractivity contribution >= 4 is 27.6 Å². The van der Waals surface area contributed by atoms with Gasteiger partial charge in [0.25, 0.3) is 0 Å². The van der Waals surface area contributed by atoms with Gasteiger partial charge in [0.2, 0.25) is 0 Å². The van der Waals surface area contributed by atoms with E-state index < -0.39 is 11.6 Å². The van der Waals surface area contributed by atoms with Crippen molar-refractivity contribution < 1.29 is 9.53 Å². The first-order chi connectivity index (χ1) is 5.72. The van der Waals surface area contributed by atoms with Crippen molar-refractivity contribution in [2.24, 2.45) is 0 Å². The lowest BCUT2D eigenvalue weighted by Crippen LogP contribution is -2.29. The minimum Gasteiger partial charge on any atom is -0.456 e. The number of rotatable bonds is 3. The highest BCUT2D eigenvalue weighted by Gasteiger charge is 2.20. The van der Waals surface area contributed by atoms with Crippen LogP contribution < -0.4 is 0 Å². The van der Waals surface area contributed by atoms with E-state index in [0.717, 1.165) is 0 Å². The molecule has 0 amide bonds. The molecule has 0 radical (unpaired) electrons. The van der Waals surface area contributed by atoms with Crippen molar-refractivity contribution in [2.45, 2.75) is 44.5 Å². The molecule has 0 aromatic heterocycles. The Hall–Kier alpha value is -0.380. The summed E-state index contributed by atoms with van der Waals surface area (Å²) in [6, 6.07) is 0. The van der Waals surface area contributed by atoms with Crippen molar-refractivity contribution in [3.05, 3.63) is 0 Å². The van der Waals surface area contributed by atoms with Crippen LogP contribution >= 0.6 is 15.9 Å². The van der Waals surface area contributed by atoms with Crippen molar-refractivity contribution in [3.63, 3.8) is 0 Å². The lowest BCUT2D eigenvalue weighted by atomic mass is 10.2. The van der Waals surface area contributed by atoms with Crippen LogP contribution in [0.5, 0.6) is 0 Å². The molecule has 3 nitrogen and oxygen atoms in total. The number of hydrogen-bond donors (Lipinski definition) is 1. The van der Waals surface area contributed by atoms with Gasteiger partial charge < -0.3 is 4.74 Å². The standard InChI is InChI=1S/C9H16BrNO2/c1-6(10)5-7(11)8(12)13-9(2,3)4/h6,11H,5H2,1-4H3. The number of nitrogens with one attached hydrogen (secondary N) is 1. The zero-order chi connectivity index (χ0) is 10.6. The Balaban J connectivity index is 4.06.